The van der Waals surface area contributed by atoms with Crippen LogP contribution >= 0.6 is 0 Å². The van der Waals surface area contributed by atoms with E-state index >= 15 is 0 Å². The molecule has 4 rings (SSSR count). The molecule has 2 aromatic carbocycles. The molecule has 1 unspecified atom stereocenters. The fourth-order valence-corrected chi connectivity index (χ4v) is 4.88. The SMILES string of the molecule is Cc1ccc(C(F)(F)F)cc1Oc1ccc(C2CCCN3CCS(=O)(=O)N=C23)cc1. The molecule has 0 radical (unpaired) electrons. The second-order valence-corrected chi connectivity index (χ2v) is 9.32. The molecule has 0 amide bonds. The van der Waals surface area contributed by atoms with E-state index in [1.54, 1.807) is 19.1 Å². The fraction of sp³-hybridized carbons (Fsp3) is 0.381. The Hall–Kier alpha value is -2.55. The van der Waals surface area contributed by atoms with Gasteiger partial charge in [0.1, 0.15) is 17.3 Å². The number of sulfonamides is 1. The number of ether oxygens (including phenoxy) is 1. The Morgan fingerprint density at radius 1 is 1.10 bits per heavy atom. The Balaban J connectivity index is 1.57. The van der Waals surface area contributed by atoms with E-state index in [0.29, 0.717) is 23.7 Å². The zero-order chi connectivity index (χ0) is 21.5. The normalized spacial score (nSPS) is 21.0. The molecule has 30 heavy (non-hydrogen) atoms. The van der Waals surface area contributed by atoms with Crippen molar-refractivity contribution in [1.29, 1.82) is 0 Å². The molecule has 1 fully saturated rings. The van der Waals surface area contributed by atoms with Crippen LogP contribution in [0.3, 0.4) is 0 Å². The third-order valence-corrected chi connectivity index (χ3v) is 6.60. The van der Waals surface area contributed by atoms with Crippen LogP contribution in [-0.2, 0) is 16.2 Å². The van der Waals surface area contributed by atoms with Crippen molar-refractivity contribution in [2.45, 2.75) is 31.9 Å². The first-order valence-corrected chi connectivity index (χ1v) is 11.3. The minimum atomic E-state index is -4.44. The summed E-state index contributed by atoms with van der Waals surface area (Å²) in [5.41, 5.74) is 0.735. The van der Waals surface area contributed by atoms with Gasteiger partial charge in [0.05, 0.1) is 11.3 Å². The average Bonchev–Trinajstić information content (AvgIpc) is 2.68. The van der Waals surface area contributed by atoms with E-state index in [-0.39, 0.29) is 17.4 Å². The molecule has 160 valence electrons. The summed E-state index contributed by atoms with van der Waals surface area (Å²) in [6, 6.07) is 10.4. The van der Waals surface area contributed by atoms with Crippen LogP contribution in [0, 0.1) is 6.92 Å². The molecule has 2 aromatic rings. The van der Waals surface area contributed by atoms with Crippen molar-refractivity contribution in [3.63, 3.8) is 0 Å². The molecule has 0 aliphatic carbocycles. The number of hydrogen-bond acceptors (Lipinski definition) is 4. The van der Waals surface area contributed by atoms with Gasteiger partial charge in [0, 0.05) is 19.0 Å². The highest BCUT2D eigenvalue weighted by Gasteiger charge is 2.34. The van der Waals surface area contributed by atoms with Crippen LogP contribution in [0.5, 0.6) is 11.5 Å². The Kier molecular flexibility index (Phi) is 5.25. The van der Waals surface area contributed by atoms with Gasteiger partial charge >= 0.3 is 6.18 Å². The number of halogens is 3. The molecular formula is C21H21F3N2O3S. The Morgan fingerprint density at radius 2 is 1.83 bits per heavy atom. The van der Waals surface area contributed by atoms with Gasteiger partial charge < -0.3 is 9.64 Å². The lowest BCUT2D eigenvalue weighted by molar-refractivity contribution is -0.137. The van der Waals surface area contributed by atoms with Crippen LogP contribution in [-0.4, -0.2) is 38.0 Å². The molecule has 9 heteroatoms. The van der Waals surface area contributed by atoms with Crippen molar-refractivity contribution in [2.75, 3.05) is 18.8 Å². The maximum absolute atomic E-state index is 13.0. The third kappa shape index (κ3) is 4.30. The molecule has 0 spiro atoms. The second kappa shape index (κ2) is 7.61. The Labute approximate surface area is 173 Å². The lowest BCUT2D eigenvalue weighted by Crippen LogP contribution is -2.46. The number of alkyl halides is 3. The van der Waals surface area contributed by atoms with Crippen molar-refractivity contribution in [1.82, 2.24) is 4.90 Å². The first kappa shape index (κ1) is 20.7. The molecule has 2 heterocycles. The number of rotatable bonds is 3. The number of hydrogen-bond donors (Lipinski definition) is 0. The lowest BCUT2D eigenvalue weighted by Gasteiger charge is -2.37. The number of aryl methyl sites for hydroxylation is 1. The van der Waals surface area contributed by atoms with Crippen LogP contribution in [0.4, 0.5) is 13.2 Å². The summed E-state index contributed by atoms with van der Waals surface area (Å²) in [4.78, 5) is 2.02. The van der Waals surface area contributed by atoms with Crippen LogP contribution in [0.25, 0.3) is 0 Å². The topological polar surface area (TPSA) is 59.0 Å². The van der Waals surface area contributed by atoms with E-state index in [1.165, 1.54) is 6.07 Å². The first-order valence-electron chi connectivity index (χ1n) is 9.65. The number of amidine groups is 1. The molecule has 0 N–H and O–H groups in total. The molecular weight excluding hydrogens is 417 g/mol. The molecule has 0 aromatic heterocycles. The van der Waals surface area contributed by atoms with Crippen LogP contribution < -0.4 is 4.74 Å². The predicted molar refractivity (Wildman–Crippen MR) is 107 cm³/mol. The van der Waals surface area contributed by atoms with Crippen molar-refractivity contribution in [2.24, 2.45) is 4.40 Å². The molecule has 0 bridgehead atoms. The molecule has 2 aliphatic rings. The molecule has 5 nitrogen and oxygen atoms in total. The third-order valence-electron chi connectivity index (χ3n) is 5.43. The van der Waals surface area contributed by atoms with Gasteiger partial charge in [-0.25, -0.2) is 8.42 Å². The van der Waals surface area contributed by atoms with Gasteiger partial charge in [0.25, 0.3) is 10.0 Å². The van der Waals surface area contributed by atoms with E-state index in [4.69, 9.17) is 4.74 Å². The van der Waals surface area contributed by atoms with Gasteiger partial charge in [-0.3, -0.25) is 0 Å². The van der Waals surface area contributed by atoms with Gasteiger partial charge in [-0.2, -0.15) is 13.2 Å². The minimum absolute atomic E-state index is 0.0341. The number of nitrogens with zero attached hydrogens (tertiary/aromatic N) is 2. The molecule has 1 saturated heterocycles. The van der Waals surface area contributed by atoms with E-state index < -0.39 is 21.8 Å². The number of piperidine rings is 1. The highest BCUT2D eigenvalue weighted by atomic mass is 32.2. The van der Waals surface area contributed by atoms with Crippen molar-refractivity contribution in [3.8, 4) is 11.5 Å². The maximum Gasteiger partial charge on any atom is 0.416 e. The molecule has 1 atom stereocenters. The summed E-state index contributed by atoms with van der Waals surface area (Å²) in [6.07, 6.45) is -2.72. The van der Waals surface area contributed by atoms with Crippen LogP contribution in [0.2, 0.25) is 0 Å². The highest BCUT2D eigenvalue weighted by molar-refractivity contribution is 7.90. The quantitative estimate of drug-likeness (QED) is 0.695. The Bertz CT molecular complexity index is 1080. The Morgan fingerprint density at radius 3 is 2.53 bits per heavy atom. The summed E-state index contributed by atoms with van der Waals surface area (Å²) < 4.78 is 72.5. The largest absolute Gasteiger partial charge is 0.457 e. The average molecular weight is 438 g/mol. The van der Waals surface area contributed by atoms with E-state index in [2.05, 4.69) is 4.40 Å². The van der Waals surface area contributed by atoms with Crippen LogP contribution in [0.15, 0.2) is 46.9 Å². The van der Waals surface area contributed by atoms with Gasteiger partial charge in [0.2, 0.25) is 0 Å². The van der Waals surface area contributed by atoms with Gasteiger partial charge in [0.15, 0.2) is 0 Å². The summed E-state index contributed by atoms with van der Waals surface area (Å²) in [5.74, 6) is 1.04. The standard InChI is InChI=1S/C21H21F3N2O3S/c1-14-4-7-16(21(22,23)24)13-19(14)29-17-8-5-15(6-9-17)18-3-2-10-26-11-12-30(27,28)25-20(18)26/h4-9,13,18H,2-3,10-12H2,1H3. The molecule has 2 aliphatic heterocycles. The predicted octanol–water partition coefficient (Wildman–Crippen LogP) is 4.73. The second-order valence-electron chi connectivity index (χ2n) is 7.57. The first-order chi connectivity index (χ1) is 14.1. The van der Waals surface area contributed by atoms with E-state index in [9.17, 15) is 21.6 Å². The lowest BCUT2D eigenvalue weighted by atomic mass is 9.89. The summed E-state index contributed by atoms with van der Waals surface area (Å²) >= 11 is 0. The van der Waals surface area contributed by atoms with Crippen LogP contribution in [0.1, 0.15) is 35.4 Å². The van der Waals surface area contributed by atoms with Gasteiger partial charge in [-0.15, -0.1) is 4.40 Å². The van der Waals surface area contributed by atoms with Gasteiger partial charge in [-0.1, -0.05) is 18.2 Å². The van der Waals surface area contributed by atoms with Crippen molar-refractivity contribution < 1.29 is 26.3 Å². The monoisotopic (exact) mass is 438 g/mol. The minimum Gasteiger partial charge on any atom is -0.457 e. The van der Waals surface area contributed by atoms with Crippen molar-refractivity contribution >= 4 is 15.9 Å². The molecule has 0 saturated carbocycles. The highest BCUT2D eigenvalue weighted by Crippen LogP contribution is 2.36. The smallest absolute Gasteiger partial charge is 0.416 e. The zero-order valence-corrected chi connectivity index (χ0v) is 17.1. The summed E-state index contributed by atoms with van der Waals surface area (Å²) in [5, 5.41) is 0. The number of fused-ring (bicyclic) bond motifs is 1. The van der Waals surface area contributed by atoms with E-state index in [0.717, 1.165) is 37.1 Å². The summed E-state index contributed by atoms with van der Waals surface area (Å²) in [7, 11) is -3.43. The van der Waals surface area contributed by atoms with Gasteiger partial charge in [-0.05, 0) is 55.2 Å². The number of benzene rings is 2. The zero-order valence-electron chi connectivity index (χ0n) is 16.3. The van der Waals surface area contributed by atoms with Crippen molar-refractivity contribution in [3.05, 3.63) is 59.2 Å². The van der Waals surface area contributed by atoms with E-state index in [1.807, 2.05) is 17.0 Å². The maximum atomic E-state index is 13.0. The fourth-order valence-electron chi connectivity index (χ4n) is 3.81. The summed E-state index contributed by atoms with van der Waals surface area (Å²) in [6.45, 7) is 2.93.